The summed E-state index contributed by atoms with van der Waals surface area (Å²) in [5.41, 5.74) is 0. The molecule has 0 aliphatic carbocycles. The number of aromatic nitrogens is 3. The second kappa shape index (κ2) is 6.40. The van der Waals surface area contributed by atoms with Crippen molar-refractivity contribution in [2.45, 2.75) is 18.6 Å². The molecule has 102 valence electrons. The van der Waals surface area contributed by atoms with E-state index in [9.17, 15) is 4.79 Å². The van der Waals surface area contributed by atoms with Gasteiger partial charge in [0.1, 0.15) is 5.82 Å². The van der Waals surface area contributed by atoms with E-state index in [1.54, 1.807) is 11.9 Å². The maximum Gasteiger partial charge on any atom is 0.233 e. The Morgan fingerprint density at radius 2 is 2.37 bits per heavy atom. The zero-order valence-corrected chi connectivity index (χ0v) is 12.9. The van der Waals surface area contributed by atoms with Gasteiger partial charge in [-0.25, -0.2) is 4.98 Å². The summed E-state index contributed by atoms with van der Waals surface area (Å²) in [4.78, 5) is 18.8. The lowest BCUT2D eigenvalue weighted by molar-refractivity contribution is -0.127. The molecule has 0 radical (unpaired) electrons. The number of nitrogens with zero attached hydrogens (tertiary/aromatic N) is 3. The Hall–Kier alpha value is -1.05. The zero-order chi connectivity index (χ0) is 13.8. The maximum atomic E-state index is 11.9. The Morgan fingerprint density at radius 3 is 2.95 bits per heavy atom. The van der Waals surface area contributed by atoms with E-state index in [1.807, 2.05) is 19.1 Å². The predicted octanol–water partition coefficient (Wildman–Crippen LogP) is 2.58. The van der Waals surface area contributed by atoms with Gasteiger partial charge < -0.3 is 4.90 Å². The first-order valence-corrected chi connectivity index (χ1v) is 7.72. The van der Waals surface area contributed by atoms with Crippen molar-refractivity contribution in [2.24, 2.45) is 0 Å². The fraction of sp³-hybridized carbons (Fsp3) is 0.364. The van der Waals surface area contributed by atoms with E-state index in [0.717, 1.165) is 15.0 Å². The highest BCUT2D eigenvalue weighted by atomic mass is 35.5. The van der Waals surface area contributed by atoms with E-state index in [0.29, 0.717) is 17.5 Å². The van der Waals surface area contributed by atoms with Gasteiger partial charge in [0.2, 0.25) is 11.1 Å². The van der Waals surface area contributed by atoms with Crippen molar-refractivity contribution in [1.82, 2.24) is 20.1 Å². The average molecular weight is 317 g/mol. The number of amides is 1. The molecule has 19 heavy (non-hydrogen) atoms. The number of thiophene rings is 1. The molecule has 0 saturated carbocycles. The van der Waals surface area contributed by atoms with Crippen molar-refractivity contribution < 1.29 is 4.79 Å². The first-order valence-electron chi connectivity index (χ1n) is 5.54. The van der Waals surface area contributed by atoms with Crippen LogP contribution in [0.3, 0.4) is 0 Å². The third kappa shape index (κ3) is 4.22. The van der Waals surface area contributed by atoms with Gasteiger partial charge in [0.25, 0.3) is 0 Å². The minimum Gasteiger partial charge on any atom is -0.340 e. The number of hydrogen-bond acceptors (Lipinski definition) is 5. The van der Waals surface area contributed by atoms with E-state index in [2.05, 4.69) is 15.2 Å². The zero-order valence-electron chi connectivity index (χ0n) is 10.5. The number of H-pyrrole nitrogens is 1. The van der Waals surface area contributed by atoms with Crippen LogP contribution in [0.2, 0.25) is 4.34 Å². The van der Waals surface area contributed by atoms with Crippen molar-refractivity contribution in [1.29, 1.82) is 0 Å². The molecule has 0 saturated heterocycles. The Kier molecular flexibility index (Phi) is 4.84. The van der Waals surface area contributed by atoms with E-state index in [4.69, 9.17) is 11.6 Å². The molecular weight excluding hydrogens is 304 g/mol. The van der Waals surface area contributed by atoms with Crippen LogP contribution >= 0.6 is 34.7 Å². The fourth-order valence-corrected chi connectivity index (χ4v) is 3.31. The van der Waals surface area contributed by atoms with Gasteiger partial charge in [-0.15, -0.1) is 16.4 Å². The first kappa shape index (κ1) is 14.4. The number of carbonyl (C=O) groups is 1. The normalized spacial score (nSPS) is 10.7. The van der Waals surface area contributed by atoms with Crippen molar-refractivity contribution >= 4 is 40.6 Å². The summed E-state index contributed by atoms with van der Waals surface area (Å²) < 4.78 is 0.737. The Morgan fingerprint density at radius 1 is 1.58 bits per heavy atom. The molecule has 2 heterocycles. The summed E-state index contributed by atoms with van der Waals surface area (Å²) in [5.74, 6) is 1.11. The lowest BCUT2D eigenvalue weighted by atomic mass is 10.4. The van der Waals surface area contributed by atoms with Gasteiger partial charge in [0.15, 0.2) is 0 Å². The van der Waals surface area contributed by atoms with Crippen LogP contribution in [0.5, 0.6) is 0 Å². The van der Waals surface area contributed by atoms with E-state index in [-0.39, 0.29) is 5.91 Å². The summed E-state index contributed by atoms with van der Waals surface area (Å²) in [7, 11) is 1.78. The smallest absolute Gasteiger partial charge is 0.233 e. The van der Waals surface area contributed by atoms with Crippen molar-refractivity contribution in [3.05, 3.63) is 27.2 Å². The number of aromatic amines is 1. The highest BCUT2D eigenvalue weighted by Gasteiger charge is 2.12. The fourth-order valence-electron chi connectivity index (χ4n) is 1.38. The summed E-state index contributed by atoms with van der Waals surface area (Å²) in [5, 5.41) is 7.32. The van der Waals surface area contributed by atoms with Gasteiger partial charge in [-0.2, -0.15) is 0 Å². The highest BCUT2D eigenvalue weighted by Crippen LogP contribution is 2.22. The number of aryl methyl sites for hydroxylation is 1. The molecule has 0 fully saturated rings. The molecule has 0 aliphatic rings. The van der Waals surface area contributed by atoms with Gasteiger partial charge in [0, 0.05) is 11.9 Å². The molecule has 2 rings (SSSR count). The van der Waals surface area contributed by atoms with Crippen LogP contribution in [0.1, 0.15) is 10.7 Å². The van der Waals surface area contributed by atoms with Crippen LogP contribution in [0.25, 0.3) is 0 Å². The number of hydrogen-bond donors (Lipinski definition) is 1. The minimum atomic E-state index is 0.0389. The summed E-state index contributed by atoms with van der Waals surface area (Å²) in [6.45, 7) is 2.40. The third-order valence-corrected chi connectivity index (χ3v) is 4.40. The molecule has 2 aromatic heterocycles. The van der Waals surface area contributed by atoms with Gasteiger partial charge in [-0.05, 0) is 19.1 Å². The molecule has 2 aromatic rings. The summed E-state index contributed by atoms with van der Waals surface area (Å²) in [6.07, 6.45) is 0. The highest BCUT2D eigenvalue weighted by molar-refractivity contribution is 7.99. The predicted molar refractivity (Wildman–Crippen MR) is 77.6 cm³/mol. The van der Waals surface area contributed by atoms with Crippen LogP contribution in [0, 0.1) is 6.92 Å². The molecule has 1 N–H and O–H groups in total. The molecule has 5 nitrogen and oxygen atoms in total. The molecule has 0 atom stereocenters. The van der Waals surface area contributed by atoms with Gasteiger partial charge in [-0.3, -0.25) is 9.89 Å². The summed E-state index contributed by atoms with van der Waals surface area (Å²) in [6, 6.07) is 3.77. The first-order chi connectivity index (χ1) is 9.04. The molecular formula is C11H13ClN4OS2. The molecule has 0 unspecified atom stereocenters. The number of halogens is 1. The standard InChI is InChI=1S/C11H13ClN4OS2/c1-7-13-11(15-14-7)18-6-10(17)16(2)5-8-3-4-9(12)19-8/h3-4H,5-6H2,1-2H3,(H,13,14,15). The quantitative estimate of drug-likeness (QED) is 0.861. The summed E-state index contributed by atoms with van der Waals surface area (Å²) >= 11 is 8.67. The van der Waals surface area contributed by atoms with Crippen LogP contribution in [0.4, 0.5) is 0 Å². The van der Waals surface area contributed by atoms with Crippen molar-refractivity contribution in [2.75, 3.05) is 12.8 Å². The number of nitrogens with one attached hydrogen (secondary N) is 1. The Bertz CT molecular complexity index is 569. The van der Waals surface area contributed by atoms with Crippen LogP contribution in [0.15, 0.2) is 17.3 Å². The number of carbonyl (C=O) groups excluding carboxylic acids is 1. The third-order valence-electron chi connectivity index (χ3n) is 2.35. The van der Waals surface area contributed by atoms with E-state index >= 15 is 0 Å². The average Bonchev–Trinajstić information content (AvgIpc) is 2.95. The van der Waals surface area contributed by atoms with E-state index in [1.165, 1.54) is 23.1 Å². The Labute approximate surface area is 124 Å². The molecule has 0 spiro atoms. The van der Waals surface area contributed by atoms with Gasteiger partial charge in [-0.1, -0.05) is 23.4 Å². The number of rotatable bonds is 5. The Balaban J connectivity index is 1.82. The lowest BCUT2D eigenvalue weighted by Crippen LogP contribution is -2.27. The van der Waals surface area contributed by atoms with Crippen LogP contribution in [-0.4, -0.2) is 38.8 Å². The van der Waals surface area contributed by atoms with Gasteiger partial charge >= 0.3 is 0 Å². The van der Waals surface area contributed by atoms with Crippen LogP contribution in [-0.2, 0) is 11.3 Å². The topological polar surface area (TPSA) is 61.9 Å². The largest absolute Gasteiger partial charge is 0.340 e. The second-order valence-corrected chi connectivity index (χ2v) is 6.69. The molecule has 0 bridgehead atoms. The minimum absolute atomic E-state index is 0.0389. The number of thioether (sulfide) groups is 1. The van der Waals surface area contributed by atoms with E-state index < -0.39 is 0 Å². The second-order valence-electron chi connectivity index (χ2n) is 3.95. The molecule has 0 aromatic carbocycles. The van der Waals surface area contributed by atoms with Crippen molar-refractivity contribution in [3.63, 3.8) is 0 Å². The van der Waals surface area contributed by atoms with Gasteiger partial charge in [0.05, 0.1) is 16.6 Å². The van der Waals surface area contributed by atoms with Crippen LogP contribution < -0.4 is 0 Å². The molecule has 1 amide bonds. The SMILES string of the molecule is Cc1nc(SCC(=O)N(C)Cc2ccc(Cl)s2)n[nH]1. The molecule has 0 aliphatic heterocycles. The van der Waals surface area contributed by atoms with Crippen molar-refractivity contribution in [3.8, 4) is 0 Å². The molecule has 8 heteroatoms. The maximum absolute atomic E-state index is 11.9. The monoisotopic (exact) mass is 316 g/mol. The lowest BCUT2D eigenvalue weighted by Gasteiger charge is -2.15.